The van der Waals surface area contributed by atoms with Crippen molar-refractivity contribution in [1.82, 2.24) is 4.90 Å². The number of carbonyl (C=O) groups is 1. The lowest BCUT2D eigenvalue weighted by Gasteiger charge is -2.26. The summed E-state index contributed by atoms with van der Waals surface area (Å²) in [6.45, 7) is -0.237. The van der Waals surface area contributed by atoms with Crippen molar-refractivity contribution in [2.75, 3.05) is 13.1 Å². The third-order valence-corrected chi connectivity index (χ3v) is 3.09. The van der Waals surface area contributed by atoms with Crippen LogP contribution in [-0.2, 0) is 4.79 Å². The maximum Gasteiger partial charge on any atom is 0.409 e. The fourth-order valence-corrected chi connectivity index (χ4v) is 2.12. The standard InChI is InChI=1S/C8H8BrF6NO/c9-4-1-2-16(3-4)6(17)5(7(10,11)12)8(13,14)15/h4-5H,1-3H2. The Labute approximate surface area is 101 Å². The number of alkyl halides is 7. The molecular weight excluding hydrogens is 320 g/mol. The summed E-state index contributed by atoms with van der Waals surface area (Å²) < 4.78 is 73.4. The van der Waals surface area contributed by atoms with Crippen LogP contribution in [0.4, 0.5) is 26.3 Å². The number of halogens is 7. The second-order valence-corrected chi connectivity index (χ2v) is 4.98. The number of rotatable bonds is 1. The van der Waals surface area contributed by atoms with Gasteiger partial charge in [0.1, 0.15) is 0 Å². The van der Waals surface area contributed by atoms with Crippen molar-refractivity contribution in [1.29, 1.82) is 0 Å². The van der Waals surface area contributed by atoms with Crippen molar-refractivity contribution in [3.8, 4) is 0 Å². The van der Waals surface area contributed by atoms with Crippen LogP contribution >= 0.6 is 15.9 Å². The zero-order valence-corrected chi connectivity index (χ0v) is 9.86. The third kappa shape index (κ3) is 3.49. The molecule has 1 heterocycles. The molecule has 0 bridgehead atoms. The van der Waals surface area contributed by atoms with Crippen LogP contribution in [0, 0.1) is 5.92 Å². The van der Waals surface area contributed by atoms with E-state index in [1.165, 1.54) is 0 Å². The van der Waals surface area contributed by atoms with Gasteiger partial charge in [0.25, 0.3) is 0 Å². The van der Waals surface area contributed by atoms with Crippen LogP contribution in [0.2, 0.25) is 0 Å². The van der Waals surface area contributed by atoms with Crippen molar-refractivity contribution in [3.05, 3.63) is 0 Å². The Kier molecular flexibility index (Phi) is 4.00. The highest BCUT2D eigenvalue weighted by molar-refractivity contribution is 9.09. The zero-order valence-electron chi connectivity index (χ0n) is 8.28. The van der Waals surface area contributed by atoms with Crippen LogP contribution in [0.5, 0.6) is 0 Å². The van der Waals surface area contributed by atoms with E-state index in [1.807, 2.05) is 0 Å². The van der Waals surface area contributed by atoms with E-state index in [9.17, 15) is 31.1 Å². The summed E-state index contributed by atoms with van der Waals surface area (Å²) >= 11 is 3.04. The van der Waals surface area contributed by atoms with Crippen LogP contribution in [-0.4, -0.2) is 41.1 Å². The summed E-state index contributed by atoms with van der Waals surface area (Å²) in [6.07, 6.45) is -10.9. The smallest absolute Gasteiger partial charge is 0.341 e. The third-order valence-electron chi connectivity index (χ3n) is 2.34. The minimum absolute atomic E-state index is 0.0998. The summed E-state index contributed by atoms with van der Waals surface area (Å²) in [5, 5.41) is 0. The molecule has 0 aliphatic carbocycles. The number of amides is 1. The highest BCUT2D eigenvalue weighted by Crippen LogP contribution is 2.41. The first-order chi connectivity index (χ1) is 7.53. The van der Waals surface area contributed by atoms with Gasteiger partial charge in [-0.15, -0.1) is 0 Å². The molecule has 1 aliphatic rings. The Morgan fingerprint density at radius 2 is 1.65 bits per heavy atom. The molecule has 1 unspecified atom stereocenters. The van der Waals surface area contributed by atoms with Crippen LogP contribution in [0.3, 0.4) is 0 Å². The Hall–Kier alpha value is -0.470. The number of hydrogen-bond acceptors (Lipinski definition) is 1. The van der Waals surface area contributed by atoms with Gasteiger partial charge in [0, 0.05) is 17.9 Å². The van der Waals surface area contributed by atoms with E-state index in [2.05, 4.69) is 15.9 Å². The Bertz CT molecular complexity index is 287. The summed E-state index contributed by atoms with van der Waals surface area (Å²) in [4.78, 5) is 11.6. The Morgan fingerprint density at radius 3 is 1.94 bits per heavy atom. The number of hydrogen-bond donors (Lipinski definition) is 0. The molecule has 1 amide bonds. The Balaban J connectivity index is 2.89. The zero-order chi connectivity index (χ0) is 13.4. The molecule has 100 valence electrons. The molecule has 0 aromatic rings. The molecule has 17 heavy (non-hydrogen) atoms. The first-order valence-electron chi connectivity index (χ1n) is 4.59. The van der Waals surface area contributed by atoms with E-state index in [-0.39, 0.29) is 17.9 Å². The SMILES string of the molecule is O=C(C(C(F)(F)F)C(F)(F)F)N1CCC(Br)C1. The maximum atomic E-state index is 12.2. The molecule has 0 spiro atoms. The lowest BCUT2D eigenvalue weighted by Crippen LogP contribution is -2.49. The van der Waals surface area contributed by atoms with Crippen molar-refractivity contribution in [3.63, 3.8) is 0 Å². The largest absolute Gasteiger partial charge is 0.409 e. The highest BCUT2D eigenvalue weighted by Gasteiger charge is 2.62. The maximum absolute atomic E-state index is 12.2. The lowest BCUT2D eigenvalue weighted by atomic mass is 10.1. The summed E-state index contributed by atoms with van der Waals surface area (Å²) in [5.41, 5.74) is 0. The van der Waals surface area contributed by atoms with E-state index in [0.29, 0.717) is 11.3 Å². The van der Waals surface area contributed by atoms with Gasteiger partial charge in [-0.25, -0.2) is 0 Å². The van der Waals surface area contributed by atoms with Gasteiger partial charge in [-0.3, -0.25) is 4.79 Å². The molecule has 0 N–H and O–H groups in total. The summed E-state index contributed by atoms with van der Waals surface area (Å²) in [6, 6.07) is 0. The van der Waals surface area contributed by atoms with Gasteiger partial charge in [-0.2, -0.15) is 26.3 Å². The summed E-state index contributed by atoms with van der Waals surface area (Å²) in [5.74, 6) is -5.85. The van der Waals surface area contributed by atoms with E-state index >= 15 is 0 Å². The van der Waals surface area contributed by atoms with E-state index in [0.717, 1.165) is 0 Å². The van der Waals surface area contributed by atoms with Gasteiger partial charge in [0.05, 0.1) is 0 Å². The average Bonchev–Trinajstić information content (AvgIpc) is 2.45. The molecule has 1 rings (SSSR count). The van der Waals surface area contributed by atoms with Crippen LogP contribution in [0.1, 0.15) is 6.42 Å². The Morgan fingerprint density at radius 1 is 1.18 bits per heavy atom. The normalized spacial score (nSPS) is 22.4. The predicted octanol–water partition coefficient (Wildman–Crippen LogP) is 2.72. The van der Waals surface area contributed by atoms with Gasteiger partial charge in [0.15, 0.2) is 0 Å². The first kappa shape index (κ1) is 14.6. The number of carbonyl (C=O) groups excluding carboxylic acids is 1. The molecule has 1 aliphatic heterocycles. The quantitative estimate of drug-likeness (QED) is 0.535. The van der Waals surface area contributed by atoms with Gasteiger partial charge in [0.2, 0.25) is 11.8 Å². The molecular formula is C8H8BrF6NO. The van der Waals surface area contributed by atoms with Gasteiger partial charge in [-0.05, 0) is 6.42 Å². The van der Waals surface area contributed by atoms with Gasteiger partial charge < -0.3 is 4.90 Å². The molecule has 1 fully saturated rings. The molecule has 1 atom stereocenters. The highest BCUT2D eigenvalue weighted by atomic mass is 79.9. The monoisotopic (exact) mass is 327 g/mol. The minimum atomic E-state index is -5.61. The fraction of sp³-hybridized carbons (Fsp3) is 0.875. The number of nitrogens with zero attached hydrogens (tertiary/aromatic N) is 1. The van der Waals surface area contributed by atoms with Crippen molar-refractivity contribution >= 4 is 21.8 Å². The molecule has 9 heteroatoms. The summed E-state index contributed by atoms with van der Waals surface area (Å²) in [7, 11) is 0. The van der Waals surface area contributed by atoms with Crippen molar-refractivity contribution in [2.45, 2.75) is 23.6 Å². The topological polar surface area (TPSA) is 20.3 Å². The molecule has 0 saturated carbocycles. The lowest BCUT2D eigenvalue weighted by molar-refractivity contribution is -0.277. The van der Waals surface area contributed by atoms with Crippen molar-refractivity contribution in [2.24, 2.45) is 5.92 Å². The van der Waals surface area contributed by atoms with E-state index < -0.39 is 24.2 Å². The first-order valence-corrected chi connectivity index (χ1v) is 5.51. The van der Waals surface area contributed by atoms with Crippen LogP contribution in [0.15, 0.2) is 0 Å². The van der Waals surface area contributed by atoms with Gasteiger partial charge >= 0.3 is 12.4 Å². The van der Waals surface area contributed by atoms with Crippen molar-refractivity contribution < 1.29 is 31.1 Å². The predicted molar refractivity (Wildman–Crippen MR) is 49.5 cm³/mol. The minimum Gasteiger partial charge on any atom is -0.341 e. The molecule has 0 radical (unpaired) electrons. The molecule has 0 aromatic carbocycles. The van der Waals surface area contributed by atoms with Gasteiger partial charge in [-0.1, -0.05) is 15.9 Å². The molecule has 1 saturated heterocycles. The molecule has 2 nitrogen and oxygen atoms in total. The average molecular weight is 328 g/mol. The van der Waals surface area contributed by atoms with Crippen LogP contribution in [0.25, 0.3) is 0 Å². The van der Waals surface area contributed by atoms with Crippen LogP contribution < -0.4 is 0 Å². The van der Waals surface area contributed by atoms with E-state index in [1.54, 1.807) is 0 Å². The second kappa shape index (κ2) is 4.66. The number of likely N-dealkylation sites (tertiary alicyclic amines) is 1. The fourth-order valence-electron chi connectivity index (χ4n) is 1.57. The second-order valence-electron chi connectivity index (χ2n) is 3.69. The van der Waals surface area contributed by atoms with E-state index in [4.69, 9.17) is 0 Å². The molecule has 0 aromatic heterocycles.